The Labute approximate surface area is 116 Å². The summed E-state index contributed by atoms with van der Waals surface area (Å²) < 4.78 is 0. The first-order chi connectivity index (χ1) is 9.21. The molecule has 0 aliphatic heterocycles. The summed E-state index contributed by atoms with van der Waals surface area (Å²) in [5.74, 6) is 3.15. The van der Waals surface area contributed by atoms with Gasteiger partial charge in [-0.1, -0.05) is 42.0 Å². The van der Waals surface area contributed by atoms with Gasteiger partial charge in [-0.25, -0.2) is 0 Å². The molecule has 0 N–H and O–H groups in total. The number of hydrogen-bond acceptors (Lipinski definition) is 0. The maximum absolute atomic E-state index is 2.59. The molecule has 4 aliphatic carbocycles. The first-order valence-electron chi connectivity index (χ1n) is 7.97. The Bertz CT molecular complexity index is 473. The van der Waals surface area contributed by atoms with Crippen molar-refractivity contribution in [1.82, 2.24) is 0 Å². The summed E-state index contributed by atoms with van der Waals surface area (Å²) in [4.78, 5) is 0. The Morgan fingerprint density at radius 1 is 1.00 bits per heavy atom. The van der Waals surface area contributed by atoms with E-state index in [9.17, 15) is 0 Å². The quantitative estimate of drug-likeness (QED) is 0.676. The van der Waals surface area contributed by atoms with Gasteiger partial charge in [0.1, 0.15) is 0 Å². The molecular weight excluding hydrogens is 228 g/mol. The molecule has 4 saturated carbocycles. The first-order valence-corrected chi connectivity index (χ1v) is 7.97. The molecule has 4 bridgehead atoms. The van der Waals surface area contributed by atoms with E-state index in [-0.39, 0.29) is 0 Å². The molecule has 0 atom stereocenters. The average molecular weight is 252 g/mol. The van der Waals surface area contributed by atoms with Crippen molar-refractivity contribution in [2.75, 3.05) is 0 Å². The van der Waals surface area contributed by atoms with Gasteiger partial charge in [-0.3, -0.25) is 0 Å². The van der Waals surface area contributed by atoms with E-state index in [0.717, 1.165) is 17.8 Å². The minimum atomic E-state index is 0.568. The zero-order chi connectivity index (χ0) is 12.9. The lowest BCUT2D eigenvalue weighted by Crippen LogP contribution is -2.44. The molecule has 4 fully saturated rings. The fourth-order valence-corrected chi connectivity index (χ4v) is 5.43. The lowest BCUT2D eigenvalue weighted by atomic mass is 9.49. The molecule has 0 radical (unpaired) electrons. The molecule has 0 saturated heterocycles. The third-order valence-electron chi connectivity index (χ3n) is 5.76. The van der Waals surface area contributed by atoms with Gasteiger partial charge in [0.25, 0.3) is 0 Å². The van der Waals surface area contributed by atoms with Crippen LogP contribution in [-0.2, 0) is 0 Å². The van der Waals surface area contributed by atoms with Gasteiger partial charge in [0, 0.05) is 0 Å². The van der Waals surface area contributed by atoms with E-state index in [1.807, 2.05) is 0 Å². The fourth-order valence-electron chi connectivity index (χ4n) is 5.43. The van der Waals surface area contributed by atoms with E-state index in [4.69, 9.17) is 0 Å². The third kappa shape index (κ3) is 2.16. The van der Waals surface area contributed by atoms with E-state index < -0.39 is 0 Å². The number of allylic oxidation sites excluding steroid dienone is 1. The summed E-state index contributed by atoms with van der Waals surface area (Å²) in [5.41, 5.74) is 3.32. The molecule has 19 heavy (non-hydrogen) atoms. The maximum Gasteiger partial charge on any atom is -0.0107 e. The summed E-state index contributed by atoms with van der Waals surface area (Å²) in [5, 5.41) is 0. The van der Waals surface area contributed by atoms with Gasteiger partial charge < -0.3 is 0 Å². The fraction of sp³-hybridized carbons (Fsp3) is 0.579. The molecular formula is C19H24. The first kappa shape index (κ1) is 11.8. The van der Waals surface area contributed by atoms with Crippen molar-refractivity contribution in [3.05, 3.63) is 41.5 Å². The normalized spacial score (nSPS) is 40.2. The van der Waals surface area contributed by atoms with Crippen LogP contribution in [0.5, 0.6) is 0 Å². The van der Waals surface area contributed by atoms with Gasteiger partial charge in [-0.05, 0) is 74.2 Å². The van der Waals surface area contributed by atoms with Crippen molar-refractivity contribution < 1.29 is 0 Å². The van der Waals surface area contributed by atoms with Gasteiger partial charge in [-0.15, -0.1) is 0 Å². The Kier molecular flexibility index (Phi) is 2.62. The van der Waals surface area contributed by atoms with Crippen LogP contribution in [0.3, 0.4) is 0 Å². The monoisotopic (exact) mass is 252 g/mol. The van der Waals surface area contributed by atoms with Crippen molar-refractivity contribution in [3.63, 3.8) is 0 Å². The van der Waals surface area contributed by atoms with Crippen LogP contribution in [0.15, 0.2) is 30.3 Å². The van der Waals surface area contributed by atoms with Crippen LogP contribution in [-0.4, -0.2) is 0 Å². The van der Waals surface area contributed by atoms with E-state index in [1.54, 1.807) is 0 Å². The Balaban J connectivity index is 1.59. The second-order valence-electron chi connectivity index (χ2n) is 7.53. The summed E-state index contributed by atoms with van der Waals surface area (Å²) >= 11 is 0. The van der Waals surface area contributed by atoms with Crippen LogP contribution < -0.4 is 0 Å². The average Bonchev–Trinajstić information content (AvgIpc) is 2.35. The molecule has 1 aromatic carbocycles. The molecule has 0 amide bonds. The van der Waals surface area contributed by atoms with E-state index in [2.05, 4.69) is 43.3 Å². The molecule has 4 aliphatic rings. The van der Waals surface area contributed by atoms with Crippen LogP contribution in [0.2, 0.25) is 0 Å². The Morgan fingerprint density at radius 3 is 2.21 bits per heavy atom. The van der Waals surface area contributed by atoms with Crippen molar-refractivity contribution in [2.45, 2.75) is 45.4 Å². The third-order valence-corrected chi connectivity index (χ3v) is 5.76. The molecule has 0 unspecified atom stereocenters. The second kappa shape index (κ2) is 4.23. The molecule has 0 aromatic heterocycles. The molecule has 1 aromatic rings. The predicted octanol–water partition coefficient (Wildman–Crippen LogP) is 5.22. The SMILES string of the molecule is Cc1cccc(/C=C\C23CC4CC(CC(C4)C2)C3)c1. The lowest BCUT2D eigenvalue weighted by Gasteiger charge is -2.55. The molecule has 0 heteroatoms. The second-order valence-corrected chi connectivity index (χ2v) is 7.53. The standard InChI is InChI=1S/C19H24/c1-14-3-2-4-15(7-14)5-6-19-11-16-8-17(12-19)10-18(9-16)13-19/h2-7,16-18H,8-13H2,1H3/b6-5-. The van der Waals surface area contributed by atoms with Crippen LogP contribution >= 0.6 is 0 Å². The minimum absolute atomic E-state index is 0.568. The smallest absolute Gasteiger partial charge is 0.0107 e. The summed E-state index contributed by atoms with van der Waals surface area (Å²) in [6.07, 6.45) is 14.0. The Hall–Kier alpha value is -1.04. The topological polar surface area (TPSA) is 0 Å². The van der Waals surface area contributed by atoms with Crippen molar-refractivity contribution >= 4 is 6.08 Å². The largest absolute Gasteiger partial charge is 0.0777 e. The molecule has 0 nitrogen and oxygen atoms in total. The molecule has 0 heterocycles. The van der Waals surface area contributed by atoms with E-state index >= 15 is 0 Å². The van der Waals surface area contributed by atoms with Gasteiger partial charge >= 0.3 is 0 Å². The van der Waals surface area contributed by atoms with E-state index in [0.29, 0.717) is 5.41 Å². The van der Waals surface area contributed by atoms with Crippen molar-refractivity contribution in [2.24, 2.45) is 23.2 Å². The van der Waals surface area contributed by atoms with Gasteiger partial charge in [-0.2, -0.15) is 0 Å². The highest BCUT2D eigenvalue weighted by molar-refractivity contribution is 5.51. The summed E-state index contributed by atoms with van der Waals surface area (Å²) in [6, 6.07) is 8.90. The van der Waals surface area contributed by atoms with Crippen LogP contribution in [0.25, 0.3) is 6.08 Å². The molecule has 100 valence electrons. The van der Waals surface area contributed by atoms with Crippen LogP contribution in [0.1, 0.15) is 49.7 Å². The lowest BCUT2D eigenvalue weighted by molar-refractivity contribution is -0.0232. The molecule has 5 rings (SSSR count). The highest BCUT2D eigenvalue weighted by Gasteiger charge is 2.49. The maximum atomic E-state index is 2.59. The number of aryl methyl sites for hydroxylation is 1. The molecule has 0 spiro atoms. The zero-order valence-corrected chi connectivity index (χ0v) is 11.9. The highest BCUT2D eigenvalue weighted by Crippen LogP contribution is 2.60. The van der Waals surface area contributed by atoms with Crippen LogP contribution in [0, 0.1) is 30.1 Å². The predicted molar refractivity (Wildman–Crippen MR) is 80.8 cm³/mol. The summed E-state index contributed by atoms with van der Waals surface area (Å²) in [7, 11) is 0. The van der Waals surface area contributed by atoms with Crippen molar-refractivity contribution in [3.8, 4) is 0 Å². The number of rotatable bonds is 2. The number of hydrogen-bond donors (Lipinski definition) is 0. The zero-order valence-electron chi connectivity index (χ0n) is 11.9. The minimum Gasteiger partial charge on any atom is -0.0777 e. The van der Waals surface area contributed by atoms with Gasteiger partial charge in [0.05, 0.1) is 0 Å². The van der Waals surface area contributed by atoms with Crippen molar-refractivity contribution in [1.29, 1.82) is 0 Å². The van der Waals surface area contributed by atoms with E-state index in [1.165, 1.54) is 49.7 Å². The van der Waals surface area contributed by atoms with Gasteiger partial charge in [0.2, 0.25) is 0 Å². The Morgan fingerprint density at radius 2 is 1.63 bits per heavy atom. The number of benzene rings is 1. The highest BCUT2D eigenvalue weighted by atomic mass is 14.5. The summed E-state index contributed by atoms with van der Waals surface area (Å²) in [6.45, 7) is 2.18. The van der Waals surface area contributed by atoms with Crippen LogP contribution in [0.4, 0.5) is 0 Å². The van der Waals surface area contributed by atoms with Gasteiger partial charge in [0.15, 0.2) is 0 Å².